The third-order valence-electron chi connectivity index (χ3n) is 6.32. The van der Waals surface area contributed by atoms with Crippen LogP contribution in [-0.4, -0.2) is 49.1 Å². The first-order chi connectivity index (χ1) is 16.6. The highest BCUT2D eigenvalue weighted by molar-refractivity contribution is 6.07. The monoisotopic (exact) mass is 459 g/mol. The first kappa shape index (κ1) is 22.2. The molecule has 0 aliphatic carbocycles. The van der Waals surface area contributed by atoms with Gasteiger partial charge in [-0.1, -0.05) is 6.42 Å². The number of aryl methyl sites for hydroxylation is 1. The smallest absolute Gasteiger partial charge is 0.255 e. The molecular weight excluding hydrogens is 430 g/mol. The van der Waals surface area contributed by atoms with Gasteiger partial charge in [-0.15, -0.1) is 0 Å². The Kier molecular flexibility index (Phi) is 6.36. The van der Waals surface area contributed by atoms with E-state index in [9.17, 15) is 4.79 Å². The molecule has 0 atom stereocenters. The lowest BCUT2D eigenvalue weighted by Gasteiger charge is -2.26. The van der Waals surface area contributed by atoms with Crippen LogP contribution in [0.25, 0.3) is 21.9 Å². The Hall–Kier alpha value is -3.58. The number of rotatable bonds is 7. The van der Waals surface area contributed by atoms with E-state index in [0.29, 0.717) is 35.0 Å². The van der Waals surface area contributed by atoms with Gasteiger partial charge in [-0.3, -0.25) is 14.7 Å². The van der Waals surface area contributed by atoms with E-state index < -0.39 is 0 Å². The van der Waals surface area contributed by atoms with E-state index in [0.717, 1.165) is 28.6 Å². The Balaban J connectivity index is 1.32. The zero-order valence-electron chi connectivity index (χ0n) is 19.6. The van der Waals surface area contributed by atoms with Gasteiger partial charge < -0.3 is 19.2 Å². The fourth-order valence-corrected chi connectivity index (χ4v) is 4.55. The van der Waals surface area contributed by atoms with Crippen LogP contribution in [0.4, 0.5) is 0 Å². The number of amides is 1. The number of fused-ring (bicyclic) bond motifs is 2. The number of pyridine rings is 1. The highest BCUT2D eigenvalue weighted by Gasteiger charge is 2.18. The molecule has 0 spiro atoms. The summed E-state index contributed by atoms with van der Waals surface area (Å²) in [6.07, 6.45) is 5.63. The van der Waals surface area contributed by atoms with Crippen LogP contribution in [0.15, 0.2) is 53.1 Å². The van der Waals surface area contributed by atoms with E-state index >= 15 is 0 Å². The van der Waals surface area contributed by atoms with Gasteiger partial charge in [-0.2, -0.15) is 0 Å². The molecule has 7 nitrogen and oxygen atoms in total. The van der Waals surface area contributed by atoms with Crippen LogP contribution in [0, 0.1) is 6.92 Å². The van der Waals surface area contributed by atoms with Crippen LogP contribution in [0.5, 0.6) is 17.2 Å². The lowest BCUT2D eigenvalue weighted by Crippen LogP contribution is -2.33. The molecule has 0 unspecified atom stereocenters. The summed E-state index contributed by atoms with van der Waals surface area (Å²) in [4.78, 5) is 19.1. The quantitative estimate of drug-likeness (QED) is 0.404. The van der Waals surface area contributed by atoms with Crippen molar-refractivity contribution in [2.24, 2.45) is 0 Å². The minimum absolute atomic E-state index is 0.168. The molecule has 0 saturated carbocycles. The van der Waals surface area contributed by atoms with Crippen LogP contribution >= 0.6 is 0 Å². The molecule has 1 amide bonds. The highest BCUT2D eigenvalue weighted by atomic mass is 16.5. The minimum Gasteiger partial charge on any atom is -0.492 e. The van der Waals surface area contributed by atoms with E-state index in [1.54, 1.807) is 26.2 Å². The summed E-state index contributed by atoms with van der Waals surface area (Å²) in [5, 5.41) is 4.31. The molecule has 1 aliphatic heterocycles. The topological polar surface area (TPSA) is 76.8 Å². The summed E-state index contributed by atoms with van der Waals surface area (Å²) in [5.74, 6) is 2.54. The molecule has 0 radical (unpaired) electrons. The van der Waals surface area contributed by atoms with Crippen LogP contribution in [0.2, 0.25) is 0 Å². The second kappa shape index (κ2) is 9.73. The maximum Gasteiger partial charge on any atom is 0.255 e. The molecule has 3 heterocycles. The highest BCUT2D eigenvalue weighted by Crippen LogP contribution is 2.34. The Bertz CT molecular complexity index is 1320. The average Bonchev–Trinajstić information content (AvgIpc) is 3.19. The number of carbonyl (C=O) groups is 1. The number of hydrogen-bond acceptors (Lipinski definition) is 6. The van der Waals surface area contributed by atoms with Crippen molar-refractivity contribution in [3.63, 3.8) is 0 Å². The Labute approximate surface area is 198 Å². The van der Waals surface area contributed by atoms with Crippen molar-refractivity contribution in [1.82, 2.24) is 15.2 Å². The number of aromatic nitrogens is 1. The molecular formula is C27H29N3O4. The summed E-state index contributed by atoms with van der Waals surface area (Å²) in [6.45, 7) is 5.74. The Morgan fingerprint density at radius 2 is 1.85 bits per heavy atom. The number of ether oxygens (including phenoxy) is 2. The Morgan fingerprint density at radius 3 is 2.68 bits per heavy atom. The molecule has 2 aromatic carbocycles. The second-order valence-corrected chi connectivity index (χ2v) is 8.61. The Morgan fingerprint density at radius 1 is 1.06 bits per heavy atom. The normalized spacial score (nSPS) is 14.4. The van der Waals surface area contributed by atoms with Gasteiger partial charge in [0.1, 0.15) is 35.2 Å². The van der Waals surface area contributed by atoms with Gasteiger partial charge in [0, 0.05) is 42.7 Å². The molecule has 4 aromatic rings. The largest absolute Gasteiger partial charge is 0.492 e. The number of likely N-dealkylation sites (tertiary alicyclic amines) is 1. The van der Waals surface area contributed by atoms with Crippen molar-refractivity contribution in [2.75, 3.05) is 33.3 Å². The zero-order valence-corrected chi connectivity index (χ0v) is 19.6. The van der Waals surface area contributed by atoms with Crippen molar-refractivity contribution < 1.29 is 18.7 Å². The maximum absolute atomic E-state index is 12.2. The van der Waals surface area contributed by atoms with Gasteiger partial charge in [0.25, 0.3) is 5.91 Å². The van der Waals surface area contributed by atoms with E-state index in [1.165, 1.54) is 32.4 Å². The number of carbonyl (C=O) groups excluding carboxylic acids is 1. The minimum atomic E-state index is -0.168. The number of benzene rings is 2. The number of piperidine rings is 1. The lowest BCUT2D eigenvalue weighted by molar-refractivity contribution is 0.0963. The van der Waals surface area contributed by atoms with E-state index in [4.69, 9.17) is 13.9 Å². The van der Waals surface area contributed by atoms with Crippen molar-refractivity contribution in [3.05, 3.63) is 60.0 Å². The second-order valence-electron chi connectivity index (χ2n) is 8.61. The summed E-state index contributed by atoms with van der Waals surface area (Å²) in [5.41, 5.74) is 1.97. The summed E-state index contributed by atoms with van der Waals surface area (Å²) in [7, 11) is 1.61. The molecule has 176 valence electrons. The van der Waals surface area contributed by atoms with Crippen LogP contribution in [0.1, 0.15) is 35.4 Å². The first-order valence-electron chi connectivity index (χ1n) is 11.8. The summed E-state index contributed by atoms with van der Waals surface area (Å²) < 4.78 is 18.0. The van der Waals surface area contributed by atoms with Crippen molar-refractivity contribution in [3.8, 4) is 17.2 Å². The molecule has 2 aromatic heterocycles. The lowest BCUT2D eigenvalue weighted by atomic mass is 10.1. The molecule has 5 rings (SSSR count). The molecule has 1 saturated heterocycles. The van der Waals surface area contributed by atoms with Gasteiger partial charge >= 0.3 is 0 Å². The SMILES string of the molecule is CNC(=O)c1c(C)oc2cc(Oc3ccnc4cc(OCCN5CCCCC5)ccc34)ccc12. The van der Waals surface area contributed by atoms with Crippen LogP contribution in [0.3, 0.4) is 0 Å². The fourth-order valence-electron chi connectivity index (χ4n) is 4.55. The van der Waals surface area contributed by atoms with Gasteiger partial charge in [0.15, 0.2) is 0 Å². The molecule has 7 heteroatoms. The molecule has 34 heavy (non-hydrogen) atoms. The fraction of sp³-hybridized carbons (Fsp3) is 0.333. The van der Waals surface area contributed by atoms with Crippen molar-refractivity contribution in [1.29, 1.82) is 0 Å². The summed E-state index contributed by atoms with van der Waals surface area (Å²) >= 11 is 0. The predicted molar refractivity (Wildman–Crippen MR) is 132 cm³/mol. The van der Waals surface area contributed by atoms with E-state index in [2.05, 4.69) is 15.2 Å². The number of hydrogen-bond donors (Lipinski definition) is 1. The molecule has 1 fully saturated rings. The standard InChI is InChI=1S/C27H29N3O4/c1-18-26(27(31)28-2)22-9-7-20(17-25(22)33-18)34-24-10-11-29-23-16-19(6-8-21(23)24)32-15-14-30-12-4-3-5-13-30/h6-11,16-17H,3-5,12-15H2,1-2H3,(H,28,31). The zero-order chi connectivity index (χ0) is 23.5. The third-order valence-corrected chi connectivity index (χ3v) is 6.32. The van der Waals surface area contributed by atoms with Crippen LogP contribution in [-0.2, 0) is 0 Å². The van der Waals surface area contributed by atoms with Crippen molar-refractivity contribution >= 4 is 27.8 Å². The number of nitrogens with one attached hydrogen (secondary N) is 1. The number of nitrogens with zero attached hydrogens (tertiary/aromatic N) is 2. The van der Waals surface area contributed by atoms with Gasteiger partial charge in [-0.25, -0.2) is 0 Å². The van der Waals surface area contributed by atoms with E-state index in [1.807, 2.05) is 36.4 Å². The van der Waals surface area contributed by atoms with Gasteiger partial charge in [0.05, 0.1) is 11.1 Å². The number of furan rings is 1. The third kappa shape index (κ3) is 4.56. The van der Waals surface area contributed by atoms with Crippen molar-refractivity contribution in [2.45, 2.75) is 26.2 Å². The molecule has 1 aliphatic rings. The molecule has 0 bridgehead atoms. The predicted octanol–water partition coefficient (Wildman–Crippen LogP) is 5.31. The maximum atomic E-state index is 12.2. The summed E-state index contributed by atoms with van der Waals surface area (Å²) in [6, 6.07) is 13.2. The molecule has 1 N–H and O–H groups in total. The van der Waals surface area contributed by atoms with Crippen LogP contribution < -0.4 is 14.8 Å². The van der Waals surface area contributed by atoms with Gasteiger partial charge in [0.2, 0.25) is 0 Å². The van der Waals surface area contributed by atoms with Gasteiger partial charge in [-0.05, 0) is 63.2 Å². The average molecular weight is 460 g/mol. The van der Waals surface area contributed by atoms with E-state index in [-0.39, 0.29) is 5.91 Å². The first-order valence-corrected chi connectivity index (χ1v) is 11.8.